The molecule has 164 valence electrons. The summed E-state index contributed by atoms with van der Waals surface area (Å²) in [6.45, 7) is 9.03. The van der Waals surface area contributed by atoms with Crippen molar-refractivity contribution in [2.75, 3.05) is 0 Å². The van der Waals surface area contributed by atoms with Crippen LogP contribution in [0.1, 0.15) is 79.1 Å². The van der Waals surface area contributed by atoms with Gasteiger partial charge in [-0.15, -0.1) is 0 Å². The molecule has 0 atom stereocenters. The molecule has 0 aliphatic heterocycles. The average Bonchev–Trinajstić information content (AvgIpc) is 2.74. The maximum absolute atomic E-state index is 7.38. The molecule has 0 N–H and O–H groups in total. The molecule has 1 aromatic rings. The summed E-state index contributed by atoms with van der Waals surface area (Å²) < 4.78 is 23.6. The number of rotatable bonds is 17. The van der Waals surface area contributed by atoms with Crippen molar-refractivity contribution in [3.63, 3.8) is 0 Å². The number of unbranched alkanes of at least 4 members (excludes halogenated alkanes) is 4. The number of isothiocyanates is 1. The van der Waals surface area contributed by atoms with Gasteiger partial charge < -0.3 is 0 Å². The summed E-state index contributed by atoms with van der Waals surface area (Å²) >= 11 is -1.51. The van der Waals surface area contributed by atoms with E-state index in [4.69, 9.17) is 19.9 Å². The second kappa shape index (κ2) is 16.1. The maximum atomic E-state index is 7.38. The van der Waals surface area contributed by atoms with Crippen molar-refractivity contribution in [1.82, 2.24) is 0 Å². The quantitative estimate of drug-likeness (QED) is 0.0984. The molecule has 1 rings (SSSR count). The second-order valence-corrected chi connectivity index (χ2v) is 30.2. The second-order valence-electron chi connectivity index (χ2n) is 7.99. The van der Waals surface area contributed by atoms with Gasteiger partial charge in [0.15, 0.2) is 0 Å². The van der Waals surface area contributed by atoms with Gasteiger partial charge in [0.05, 0.1) is 0 Å². The fraction of sp³-hybridized carbons (Fsp3) is 0.696. The summed E-state index contributed by atoms with van der Waals surface area (Å²) in [5.41, 5.74) is 0. The molecule has 0 aliphatic carbocycles. The average molecular weight is 633 g/mol. The molecule has 0 aliphatic rings. The van der Waals surface area contributed by atoms with Gasteiger partial charge >= 0.3 is 196 Å². The zero-order valence-electron chi connectivity index (χ0n) is 19.0. The van der Waals surface area contributed by atoms with E-state index in [1.165, 1.54) is 51.4 Å². The Morgan fingerprint density at radius 3 is 1.72 bits per heavy atom. The first kappa shape index (κ1) is 27.4. The Bertz CT molecular complexity index is 578. The molecule has 0 heterocycles. The van der Waals surface area contributed by atoms with E-state index in [1.54, 1.807) is 0 Å². The van der Waals surface area contributed by atoms with Crippen LogP contribution in [-0.2, 0) is 1.41 Å². The van der Waals surface area contributed by atoms with Crippen LogP contribution in [-0.4, -0.2) is 43.4 Å². The summed E-state index contributed by atoms with van der Waals surface area (Å²) in [7, 11) is 0. The van der Waals surface area contributed by atoms with Crippen LogP contribution in [0.15, 0.2) is 33.5 Å². The number of hydrogen-bond donors (Lipinski definition) is 0. The first-order valence-electron chi connectivity index (χ1n) is 11.6. The van der Waals surface area contributed by atoms with Gasteiger partial charge in [-0.3, -0.25) is 0 Å². The van der Waals surface area contributed by atoms with E-state index in [0.717, 1.165) is 23.5 Å². The molecule has 0 unspecified atom stereocenters. The number of benzene rings is 1. The molecule has 6 heteroatoms. The summed E-state index contributed by atoms with van der Waals surface area (Å²) in [6, 6.07) is 10.3. The Morgan fingerprint density at radius 1 is 0.793 bits per heavy atom. The Morgan fingerprint density at radius 2 is 1.28 bits per heavy atom. The van der Waals surface area contributed by atoms with Gasteiger partial charge in [-0.05, 0) is 0 Å². The fourth-order valence-electron chi connectivity index (χ4n) is 3.64. The van der Waals surface area contributed by atoms with Crippen LogP contribution in [0.5, 0.6) is 5.75 Å². The van der Waals surface area contributed by atoms with E-state index >= 15 is 0 Å². The number of nitrogens with zero attached hydrogens (tertiary/aromatic N) is 1. The fourth-order valence-corrected chi connectivity index (χ4v) is 45.9. The molecule has 0 aromatic heterocycles. The summed E-state index contributed by atoms with van der Waals surface area (Å²) in [5, 5.41) is 2.78. The van der Waals surface area contributed by atoms with Gasteiger partial charge in [-0.2, -0.15) is 0 Å². The Kier molecular flexibility index (Phi) is 15.2. The van der Waals surface area contributed by atoms with E-state index in [2.05, 4.69) is 57.1 Å². The normalized spacial score (nSPS) is 11.9. The summed E-state index contributed by atoms with van der Waals surface area (Å²) in [4.78, 5) is 0. The van der Waals surface area contributed by atoms with Gasteiger partial charge in [0, 0.05) is 0 Å². The van der Waals surface area contributed by atoms with E-state index in [0.29, 0.717) is 0 Å². The monoisotopic (exact) mass is 635 g/mol. The number of thiocarbonyl (C=S) groups is 1. The molecule has 0 spiro atoms. The van der Waals surface area contributed by atoms with Crippen LogP contribution >= 0.6 is 12.2 Å². The predicted octanol–water partition coefficient (Wildman–Crippen LogP) is 8.27. The third kappa shape index (κ3) is 10.5. The Labute approximate surface area is 194 Å². The molecule has 29 heavy (non-hydrogen) atoms. The first-order valence-corrected chi connectivity index (χ1v) is 24.9. The Hall–Kier alpha value is 0.377. The number of para-hydroxylation sites is 1. The molecule has 3 nitrogen and oxygen atoms in total. The zero-order valence-corrected chi connectivity index (χ0v) is 25.6. The molecule has 1 aromatic carbocycles. The van der Waals surface area contributed by atoms with E-state index in [1.807, 2.05) is 6.07 Å². The molecule has 0 amide bonds. The third-order valence-electron chi connectivity index (χ3n) is 5.34. The van der Waals surface area contributed by atoms with Crippen molar-refractivity contribution in [2.24, 2.45) is 3.21 Å². The van der Waals surface area contributed by atoms with E-state index in [-0.39, 0.29) is 0 Å². The predicted molar refractivity (Wildman–Crippen MR) is 134 cm³/mol. The SMILES string of the molecule is CCC[CH2][Sn]([CH2]CCC)([N]=C=S)[O][Sn]([CH2]CCC)([CH2]CCC)[O]c1ccccc1. The van der Waals surface area contributed by atoms with Crippen LogP contribution in [0.3, 0.4) is 0 Å². The van der Waals surface area contributed by atoms with E-state index < -0.39 is 38.3 Å². The van der Waals surface area contributed by atoms with Crippen molar-refractivity contribution in [3.05, 3.63) is 30.3 Å². The zero-order chi connectivity index (χ0) is 21.4. The standard InChI is InChI=1S/C6H6O.4C4H9.CNS.O.2Sn/c7-6-4-2-1-3-5-6;4*1-3-4-2;2-1-3;;;/h1-5,7H;4*1,3-4H2,2H3;;;;/q;;;;;-1;;2*+1/p-1. The van der Waals surface area contributed by atoms with Gasteiger partial charge in [-0.25, -0.2) is 0 Å². The van der Waals surface area contributed by atoms with Crippen molar-refractivity contribution < 1.29 is 4.49 Å². The number of hydrogen-bond acceptors (Lipinski definition) is 4. The minimum absolute atomic E-state index is 0.980. The Balaban J connectivity index is 3.32. The molecule has 0 saturated heterocycles. The van der Waals surface area contributed by atoms with Crippen LogP contribution in [0.4, 0.5) is 0 Å². The van der Waals surface area contributed by atoms with Crippen molar-refractivity contribution in [1.29, 1.82) is 0 Å². The third-order valence-corrected chi connectivity index (χ3v) is 38.5. The molecule has 0 radical (unpaired) electrons. The molecule has 0 fully saturated rings. The summed E-state index contributed by atoms with van der Waals surface area (Å²) in [6.07, 6.45) is 9.41. The molecular weight excluding hydrogens is 592 g/mol. The topological polar surface area (TPSA) is 30.8 Å². The van der Waals surface area contributed by atoms with Crippen LogP contribution in [0.2, 0.25) is 17.7 Å². The molecule has 0 bridgehead atoms. The minimum atomic E-state index is -3.38. The first-order chi connectivity index (χ1) is 14.1. The van der Waals surface area contributed by atoms with Crippen molar-refractivity contribution >= 4 is 55.6 Å². The van der Waals surface area contributed by atoms with Gasteiger partial charge in [0.25, 0.3) is 0 Å². The van der Waals surface area contributed by atoms with Crippen LogP contribution < -0.4 is 3.07 Å². The summed E-state index contributed by atoms with van der Waals surface area (Å²) in [5.74, 6) is 0.980. The van der Waals surface area contributed by atoms with Gasteiger partial charge in [-0.1, -0.05) is 0 Å². The van der Waals surface area contributed by atoms with Gasteiger partial charge in [0.2, 0.25) is 0 Å². The molecule has 0 saturated carbocycles. The van der Waals surface area contributed by atoms with Crippen molar-refractivity contribution in [2.45, 2.75) is 96.8 Å². The van der Waals surface area contributed by atoms with Gasteiger partial charge in [0.1, 0.15) is 0 Å². The van der Waals surface area contributed by atoms with Crippen LogP contribution in [0.25, 0.3) is 0 Å². The van der Waals surface area contributed by atoms with Crippen molar-refractivity contribution in [3.8, 4) is 5.75 Å². The van der Waals surface area contributed by atoms with Crippen LogP contribution in [0, 0.1) is 0 Å². The van der Waals surface area contributed by atoms with E-state index in [9.17, 15) is 0 Å². The molecular formula is C23H41NO2SSn2.